The summed E-state index contributed by atoms with van der Waals surface area (Å²) in [6.45, 7) is 1.16. The zero-order chi connectivity index (χ0) is 13.4. The number of methoxy groups -OCH3 is 2. The van der Waals surface area contributed by atoms with Gasteiger partial charge in [0.1, 0.15) is 5.75 Å². The molecule has 1 amide bonds. The summed E-state index contributed by atoms with van der Waals surface area (Å²) in [5.74, 6) is 0.574. The van der Waals surface area contributed by atoms with Crippen molar-refractivity contribution in [3.05, 3.63) is 18.2 Å². The molecule has 0 saturated carbocycles. The molecule has 0 fully saturated rings. The molecule has 0 saturated heterocycles. The summed E-state index contributed by atoms with van der Waals surface area (Å²) in [6, 6.07) is 5.25. The molecule has 0 bridgehead atoms. The fraction of sp³-hybridized carbons (Fsp3) is 0.417. The number of amides is 1. The van der Waals surface area contributed by atoms with Gasteiger partial charge in [-0.15, -0.1) is 0 Å². The van der Waals surface area contributed by atoms with E-state index in [2.05, 4.69) is 10.6 Å². The second-order valence-electron chi connectivity index (χ2n) is 3.65. The Morgan fingerprint density at radius 3 is 2.78 bits per heavy atom. The number of anilines is 2. The second kappa shape index (κ2) is 7.39. The van der Waals surface area contributed by atoms with Gasteiger partial charge in [-0.3, -0.25) is 4.79 Å². The van der Waals surface area contributed by atoms with Crippen LogP contribution in [-0.4, -0.2) is 39.8 Å². The summed E-state index contributed by atoms with van der Waals surface area (Å²) in [5, 5.41) is 5.66. The van der Waals surface area contributed by atoms with E-state index in [9.17, 15) is 4.79 Å². The average molecular weight is 253 g/mol. The molecule has 0 radical (unpaired) electrons. The van der Waals surface area contributed by atoms with Gasteiger partial charge < -0.3 is 25.8 Å². The Balaban J connectivity index is 2.41. The van der Waals surface area contributed by atoms with Gasteiger partial charge in [0, 0.05) is 19.7 Å². The Kier molecular flexibility index (Phi) is 5.79. The van der Waals surface area contributed by atoms with E-state index in [1.165, 1.54) is 0 Å². The third-order valence-corrected chi connectivity index (χ3v) is 2.33. The van der Waals surface area contributed by atoms with Gasteiger partial charge in [-0.25, -0.2) is 0 Å². The Hall–Kier alpha value is -1.95. The van der Waals surface area contributed by atoms with E-state index < -0.39 is 0 Å². The SMILES string of the molecule is COCCNC(=O)CNc1ccc(OC)cc1N. The van der Waals surface area contributed by atoms with Crippen molar-refractivity contribution in [1.29, 1.82) is 0 Å². The van der Waals surface area contributed by atoms with Gasteiger partial charge in [-0.1, -0.05) is 0 Å². The lowest BCUT2D eigenvalue weighted by atomic mass is 10.2. The number of hydrogen-bond acceptors (Lipinski definition) is 5. The van der Waals surface area contributed by atoms with Crippen LogP contribution in [0.25, 0.3) is 0 Å². The van der Waals surface area contributed by atoms with Crippen molar-refractivity contribution in [3.63, 3.8) is 0 Å². The van der Waals surface area contributed by atoms with Gasteiger partial charge in [-0.2, -0.15) is 0 Å². The van der Waals surface area contributed by atoms with Gasteiger partial charge in [-0.05, 0) is 12.1 Å². The number of rotatable bonds is 7. The number of nitrogen functional groups attached to an aromatic ring is 1. The number of hydrogen-bond donors (Lipinski definition) is 3. The first-order valence-electron chi connectivity index (χ1n) is 5.60. The van der Waals surface area contributed by atoms with Gasteiger partial charge in [0.25, 0.3) is 0 Å². The van der Waals surface area contributed by atoms with Gasteiger partial charge >= 0.3 is 0 Å². The minimum absolute atomic E-state index is 0.109. The zero-order valence-corrected chi connectivity index (χ0v) is 10.7. The predicted molar refractivity (Wildman–Crippen MR) is 70.8 cm³/mol. The highest BCUT2D eigenvalue weighted by Gasteiger charge is 2.04. The molecule has 0 heterocycles. The van der Waals surface area contributed by atoms with Crippen molar-refractivity contribution >= 4 is 17.3 Å². The Labute approximate surface area is 106 Å². The number of nitrogens with one attached hydrogen (secondary N) is 2. The van der Waals surface area contributed by atoms with E-state index in [-0.39, 0.29) is 12.5 Å². The van der Waals surface area contributed by atoms with Gasteiger partial charge in [0.2, 0.25) is 5.91 Å². The lowest BCUT2D eigenvalue weighted by molar-refractivity contribution is -0.119. The van der Waals surface area contributed by atoms with Crippen LogP contribution >= 0.6 is 0 Å². The normalized spacial score (nSPS) is 9.89. The summed E-state index contributed by atoms with van der Waals surface area (Å²) in [4.78, 5) is 11.4. The molecule has 1 aromatic carbocycles. The number of carbonyl (C=O) groups excluding carboxylic acids is 1. The predicted octanol–water partition coefficient (Wildman–Crippen LogP) is 0.452. The molecule has 4 N–H and O–H groups in total. The first-order valence-corrected chi connectivity index (χ1v) is 5.60. The van der Waals surface area contributed by atoms with Gasteiger partial charge in [0.15, 0.2) is 0 Å². The first-order chi connectivity index (χ1) is 8.67. The molecular weight excluding hydrogens is 234 g/mol. The second-order valence-corrected chi connectivity index (χ2v) is 3.65. The van der Waals surface area contributed by atoms with Crippen molar-refractivity contribution in [3.8, 4) is 5.75 Å². The molecule has 100 valence electrons. The standard InChI is InChI=1S/C12H19N3O3/c1-17-6-5-14-12(16)8-15-11-4-3-9(18-2)7-10(11)13/h3-4,7,15H,5-6,8,13H2,1-2H3,(H,14,16). The maximum absolute atomic E-state index is 11.4. The van der Waals surface area contributed by atoms with Crippen molar-refractivity contribution in [2.24, 2.45) is 0 Å². The van der Waals surface area contributed by atoms with Crippen LogP contribution in [0.4, 0.5) is 11.4 Å². The van der Waals surface area contributed by atoms with Crippen LogP contribution in [0.15, 0.2) is 18.2 Å². The summed E-state index contributed by atoms with van der Waals surface area (Å²) < 4.78 is 9.87. The Morgan fingerprint density at radius 2 is 2.17 bits per heavy atom. The number of benzene rings is 1. The molecule has 0 aliphatic rings. The van der Waals surface area contributed by atoms with Crippen LogP contribution < -0.4 is 21.1 Å². The monoisotopic (exact) mass is 253 g/mol. The van der Waals surface area contributed by atoms with Crippen LogP contribution in [0.1, 0.15) is 0 Å². The van der Waals surface area contributed by atoms with E-state index in [0.29, 0.717) is 30.3 Å². The molecule has 1 rings (SSSR count). The van der Waals surface area contributed by atoms with Crippen molar-refractivity contribution in [1.82, 2.24) is 5.32 Å². The Morgan fingerprint density at radius 1 is 1.39 bits per heavy atom. The topological polar surface area (TPSA) is 85.6 Å². The third-order valence-electron chi connectivity index (χ3n) is 2.33. The van der Waals surface area contributed by atoms with Crippen LogP contribution in [0.3, 0.4) is 0 Å². The molecular formula is C12H19N3O3. The van der Waals surface area contributed by atoms with Crippen LogP contribution in [-0.2, 0) is 9.53 Å². The maximum Gasteiger partial charge on any atom is 0.239 e. The van der Waals surface area contributed by atoms with Crippen molar-refractivity contribution < 1.29 is 14.3 Å². The Bertz CT molecular complexity index is 396. The smallest absolute Gasteiger partial charge is 0.239 e. The molecule has 0 unspecified atom stereocenters. The average Bonchev–Trinajstić information content (AvgIpc) is 2.37. The quantitative estimate of drug-likeness (QED) is 0.485. The van der Waals surface area contributed by atoms with Crippen LogP contribution in [0, 0.1) is 0 Å². The maximum atomic E-state index is 11.4. The molecule has 1 aromatic rings. The minimum atomic E-state index is -0.109. The highest BCUT2D eigenvalue weighted by Crippen LogP contribution is 2.23. The number of nitrogens with two attached hydrogens (primary N) is 1. The first kappa shape index (κ1) is 14.1. The number of ether oxygens (including phenoxy) is 2. The molecule has 0 aliphatic heterocycles. The van der Waals surface area contributed by atoms with Gasteiger partial charge in [0.05, 0.1) is 31.6 Å². The van der Waals surface area contributed by atoms with Crippen molar-refractivity contribution in [2.45, 2.75) is 0 Å². The largest absolute Gasteiger partial charge is 0.497 e. The van der Waals surface area contributed by atoms with Crippen LogP contribution in [0.5, 0.6) is 5.75 Å². The summed E-state index contributed by atoms with van der Waals surface area (Å²) in [7, 11) is 3.16. The lowest BCUT2D eigenvalue weighted by Gasteiger charge is -2.10. The highest BCUT2D eigenvalue weighted by molar-refractivity contribution is 5.82. The molecule has 0 atom stereocenters. The minimum Gasteiger partial charge on any atom is -0.497 e. The third kappa shape index (κ3) is 4.50. The summed E-state index contributed by atoms with van der Waals surface area (Å²) in [5.41, 5.74) is 7.06. The van der Waals surface area contributed by atoms with E-state index in [4.69, 9.17) is 15.2 Å². The molecule has 18 heavy (non-hydrogen) atoms. The fourth-order valence-corrected chi connectivity index (χ4v) is 1.36. The fourth-order valence-electron chi connectivity index (χ4n) is 1.36. The van der Waals surface area contributed by atoms with E-state index in [1.807, 2.05) is 0 Å². The van der Waals surface area contributed by atoms with E-state index in [1.54, 1.807) is 32.4 Å². The summed E-state index contributed by atoms with van der Waals surface area (Å²) in [6.07, 6.45) is 0. The molecule has 6 heteroatoms. The molecule has 0 spiro atoms. The molecule has 0 aromatic heterocycles. The molecule has 6 nitrogen and oxygen atoms in total. The van der Waals surface area contributed by atoms with E-state index >= 15 is 0 Å². The summed E-state index contributed by atoms with van der Waals surface area (Å²) >= 11 is 0. The highest BCUT2D eigenvalue weighted by atomic mass is 16.5. The zero-order valence-electron chi connectivity index (χ0n) is 10.7. The van der Waals surface area contributed by atoms with Crippen LogP contribution in [0.2, 0.25) is 0 Å². The van der Waals surface area contributed by atoms with E-state index in [0.717, 1.165) is 0 Å². The molecule has 0 aliphatic carbocycles. The van der Waals surface area contributed by atoms with Crippen molar-refractivity contribution in [2.75, 3.05) is 45.0 Å². The lowest BCUT2D eigenvalue weighted by Crippen LogP contribution is -2.32. The number of carbonyl (C=O) groups is 1.